The van der Waals surface area contributed by atoms with Gasteiger partial charge in [-0.05, 0) is 51.0 Å². The third kappa shape index (κ3) is 7.05. The van der Waals surface area contributed by atoms with E-state index in [0.29, 0.717) is 12.1 Å². The van der Waals surface area contributed by atoms with Crippen LogP contribution in [0.2, 0.25) is 0 Å². The average Bonchev–Trinajstić information content (AvgIpc) is 3.14. The molecule has 4 atom stereocenters. The zero-order valence-electron chi connectivity index (χ0n) is 22.0. The minimum Gasteiger partial charge on any atom is -0.406 e. The monoisotopic (exact) mass is 537 g/mol. The lowest BCUT2D eigenvalue weighted by atomic mass is 9.78. The number of hydrogen-bond donors (Lipinski definition) is 1. The second kappa shape index (κ2) is 11.2. The first kappa shape index (κ1) is 28.4. The Hall–Kier alpha value is -2.66. The number of benzene rings is 2. The number of fused-ring (bicyclic) bond motifs is 1. The number of carbonyl (C=O) groups excluding carboxylic acids is 1. The molecular weight excluding hydrogens is 503 g/mol. The standard InChI is InChI=1S/C28H34F3NO6/c1-5-32-25(33)27(35-17-19-9-6-8-18(2)12-19)14-22(24-23(15-27)37-26(3,4)38-24)34-16-20-10-7-11-21(13-20)36-28(29,30)31/h6-13,22-24H,5,14-17H2,1-4H3,(H,32,33)/t22-,23-,24+,27-/m1/s1. The van der Waals surface area contributed by atoms with Gasteiger partial charge in [0.15, 0.2) is 11.4 Å². The predicted octanol–water partition coefficient (Wildman–Crippen LogP) is 5.18. The normalized spacial score (nSPS) is 26.6. The van der Waals surface area contributed by atoms with E-state index in [1.54, 1.807) is 19.9 Å². The number of rotatable bonds is 9. The highest BCUT2D eigenvalue weighted by atomic mass is 19.4. The summed E-state index contributed by atoms with van der Waals surface area (Å²) in [5.74, 6) is -1.50. The van der Waals surface area contributed by atoms with Gasteiger partial charge in [0.2, 0.25) is 0 Å². The number of nitrogens with one attached hydrogen (secondary N) is 1. The fraction of sp³-hybridized carbons (Fsp3) is 0.536. The van der Waals surface area contributed by atoms with Gasteiger partial charge in [0.05, 0.1) is 25.4 Å². The van der Waals surface area contributed by atoms with Crippen molar-refractivity contribution in [3.8, 4) is 5.75 Å². The Bertz CT molecular complexity index is 1120. The molecule has 1 N–H and O–H groups in total. The molecule has 2 fully saturated rings. The van der Waals surface area contributed by atoms with Crippen molar-refractivity contribution < 1.29 is 41.7 Å². The van der Waals surface area contributed by atoms with Crippen LogP contribution in [-0.2, 0) is 37.0 Å². The van der Waals surface area contributed by atoms with Crippen molar-refractivity contribution in [3.63, 3.8) is 0 Å². The lowest BCUT2D eigenvalue weighted by molar-refractivity contribution is -0.274. The highest BCUT2D eigenvalue weighted by molar-refractivity contribution is 5.85. The summed E-state index contributed by atoms with van der Waals surface area (Å²) in [6.45, 7) is 8.02. The zero-order chi connectivity index (χ0) is 27.6. The molecule has 2 aliphatic rings. The topological polar surface area (TPSA) is 75.3 Å². The van der Waals surface area contributed by atoms with Crippen LogP contribution in [0.5, 0.6) is 5.75 Å². The summed E-state index contributed by atoms with van der Waals surface area (Å²) in [5, 5.41) is 2.89. The van der Waals surface area contributed by atoms with E-state index >= 15 is 0 Å². The zero-order valence-corrected chi connectivity index (χ0v) is 22.0. The van der Waals surface area contributed by atoms with Gasteiger partial charge in [-0.15, -0.1) is 13.2 Å². The lowest BCUT2D eigenvalue weighted by Gasteiger charge is -2.43. The van der Waals surface area contributed by atoms with Crippen LogP contribution in [0.25, 0.3) is 0 Å². The smallest absolute Gasteiger partial charge is 0.406 e. The Balaban J connectivity index is 1.57. The fourth-order valence-electron chi connectivity index (χ4n) is 5.09. The lowest BCUT2D eigenvalue weighted by Crippen LogP contribution is -2.60. The molecule has 0 radical (unpaired) electrons. The molecule has 1 aliphatic carbocycles. The van der Waals surface area contributed by atoms with Crippen molar-refractivity contribution >= 4 is 5.91 Å². The van der Waals surface area contributed by atoms with Crippen LogP contribution in [0.1, 0.15) is 50.3 Å². The minimum absolute atomic E-state index is 0.0178. The van der Waals surface area contributed by atoms with E-state index in [1.807, 2.05) is 38.1 Å². The molecule has 1 saturated carbocycles. The number of ether oxygens (including phenoxy) is 5. The Morgan fingerprint density at radius 1 is 1.05 bits per heavy atom. The number of amides is 1. The largest absolute Gasteiger partial charge is 0.573 e. The van der Waals surface area contributed by atoms with Crippen molar-refractivity contribution in [1.29, 1.82) is 0 Å². The molecule has 0 unspecified atom stereocenters. The number of alkyl halides is 3. The average molecular weight is 538 g/mol. The Morgan fingerprint density at radius 3 is 2.45 bits per heavy atom. The predicted molar refractivity (Wildman–Crippen MR) is 132 cm³/mol. The summed E-state index contributed by atoms with van der Waals surface area (Å²) in [4.78, 5) is 13.4. The van der Waals surface area contributed by atoms with Gasteiger partial charge in [0.25, 0.3) is 5.91 Å². The molecule has 0 aromatic heterocycles. The maximum absolute atomic E-state index is 13.4. The van der Waals surface area contributed by atoms with Gasteiger partial charge >= 0.3 is 6.36 Å². The molecule has 0 bridgehead atoms. The van der Waals surface area contributed by atoms with Gasteiger partial charge in [-0.3, -0.25) is 4.79 Å². The van der Waals surface area contributed by atoms with Crippen LogP contribution in [0.3, 0.4) is 0 Å². The van der Waals surface area contributed by atoms with E-state index in [2.05, 4.69) is 10.1 Å². The molecule has 38 heavy (non-hydrogen) atoms. The van der Waals surface area contributed by atoms with Gasteiger partial charge < -0.3 is 29.0 Å². The number of likely N-dealkylation sites (N-methyl/N-ethyl adjacent to an activating group) is 1. The SMILES string of the molecule is CCNC(=O)[C@@]1(OCc2cccc(C)c2)C[C@@H](OCc2cccc(OC(F)(F)F)c2)[C@@H]2OC(C)(C)O[C@@H]2C1. The molecule has 10 heteroatoms. The first-order valence-corrected chi connectivity index (χ1v) is 12.7. The second-order valence-electron chi connectivity index (χ2n) is 10.2. The van der Waals surface area contributed by atoms with E-state index in [1.165, 1.54) is 18.2 Å². The summed E-state index contributed by atoms with van der Waals surface area (Å²) >= 11 is 0. The van der Waals surface area contributed by atoms with Crippen LogP contribution in [0.15, 0.2) is 48.5 Å². The van der Waals surface area contributed by atoms with Gasteiger partial charge in [-0.25, -0.2) is 0 Å². The Kier molecular flexibility index (Phi) is 8.37. The van der Waals surface area contributed by atoms with Crippen LogP contribution < -0.4 is 10.1 Å². The van der Waals surface area contributed by atoms with Crippen molar-refractivity contribution in [2.45, 2.75) is 89.8 Å². The van der Waals surface area contributed by atoms with Gasteiger partial charge in [-0.2, -0.15) is 0 Å². The molecule has 1 aliphatic heterocycles. The molecule has 208 valence electrons. The molecule has 4 rings (SSSR count). The van der Waals surface area contributed by atoms with E-state index in [-0.39, 0.29) is 37.7 Å². The fourth-order valence-corrected chi connectivity index (χ4v) is 5.09. The summed E-state index contributed by atoms with van der Waals surface area (Å²) in [5.41, 5.74) is 1.24. The van der Waals surface area contributed by atoms with Crippen molar-refractivity contribution in [1.82, 2.24) is 5.32 Å². The Morgan fingerprint density at radius 2 is 1.76 bits per heavy atom. The van der Waals surface area contributed by atoms with Crippen molar-refractivity contribution in [3.05, 3.63) is 65.2 Å². The quantitative estimate of drug-likeness (QED) is 0.475. The summed E-state index contributed by atoms with van der Waals surface area (Å²) in [6, 6.07) is 13.5. The van der Waals surface area contributed by atoms with Gasteiger partial charge in [0, 0.05) is 19.4 Å². The molecule has 2 aromatic rings. The summed E-state index contributed by atoms with van der Waals surface area (Å²) < 4.78 is 67.0. The van der Waals surface area contributed by atoms with Crippen molar-refractivity contribution in [2.75, 3.05) is 6.54 Å². The van der Waals surface area contributed by atoms with Crippen molar-refractivity contribution in [2.24, 2.45) is 0 Å². The van der Waals surface area contributed by atoms with Gasteiger partial charge in [0.1, 0.15) is 11.9 Å². The molecule has 1 heterocycles. The molecular formula is C28H34F3NO6. The van der Waals surface area contributed by atoms with E-state index in [9.17, 15) is 18.0 Å². The molecule has 2 aromatic carbocycles. The third-order valence-electron chi connectivity index (χ3n) is 6.59. The van der Waals surface area contributed by atoms with E-state index in [0.717, 1.165) is 11.1 Å². The number of aryl methyl sites for hydroxylation is 1. The maximum Gasteiger partial charge on any atom is 0.573 e. The summed E-state index contributed by atoms with van der Waals surface area (Å²) in [7, 11) is 0. The maximum atomic E-state index is 13.4. The van der Waals surface area contributed by atoms with E-state index in [4.69, 9.17) is 18.9 Å². The first-order valence-electron chi connectivity index (χ1n) is 12.7. The number of halogens is 3. The highest BCUT2D eigenvalue weighted by Crippen LogP contribution is 2.44. The summed E-state index contributed by atoms with van der Waals surface area (Å²) in [6.07, 6.45) is -5.92. The van der Waals surface area contributed by atoms with Crippen LogP contribution >= 0.6 is 0 Å². The Labute approximate surface area is 220 Å². The second-order valence-corrected chi connectivity index (χ2v) is 10.2. The highest BCUT2D eigenvalue weighted by Gasteiger charge is 2.58. The number of carbonyl (C=O) groups is 1. The molecule has 1 amide bonds. The molecule has 7 nitrogen and oxygen atoms in total. The first-order chi connectivity index (χ1) is 17.9. The third-order valence-corrected chi connectivity index (χ3v) is 6.59. The van der Waals surface area contributed by atoms with Crippen LogP contribution in [0, 0.1) is 6.92 Å². The number of hydrogen-bond acceptors (Lipinski definition) is 6. The molecule has 1 saturated heterocycles. The minimum atomic E-state index is -4.79. The van der Waals surface area contributed by atoms with E-state index < -0.39 is 36.1 Å². The van der Waals surface area contributed by atoms with Gasteiger partial charge in [-0.1, -0.05) is 42.0 Å². The molecule has 0 spiro atoms. The van der Waals surface area contributed by atoms with Crippen LogP contribution in [0.4, 0.5) is 13.2 Å². The van der Waals surface area contributed by atoms with Crippen LogP contribution in [-0.4, -0.2) is 48.5 Å².